The van der Waals surface area contributed by atoms with Gasteiger partial charge in [0.25, 0.3) is 0 Å². The second-order valence-corrected chi connectivity index (χ2v) is 6.74. The highest BCUT2D eigenvalue weighted by Gasteiger charge is 2.33. The standard InChI is InChI=1S/C22H17BrO2/c23-20(22(25)18-14-8-3-9-15-18)19(16-10-4-1-5-11-16)21(24)17-12-6-2-7-13-17/h1-15,19-20H. The number of benzene rings is 3. The van der Waals surface area contributed by atoms with E-state index in [1.165, 1.54) is 0 Å². The van der Waals surface area contributed by atoms with Gasteiger partial charge in [-0.05, 0) is 5.56 Å². The van der Waals surface area contributed by atoms with Crippen LogP contribution in [0.1, 0.15) is 32.2 Å². The van der Waals surface area contributed by atoms with Crippen LogP contribution in [0.2, 0.25) is 0 Å². The van der Waals surface area contributed by atoms with Crippen molar-refractivity contribution in [1.82, 2.24) is 0 Å². The van der Waals surface area contributed by atoms with Crippen molar-refractivity contribution in [3.8, 4) is 0 Å². The number of carbonyl (C=O) groups is 2. The molecule has 3 aromatic rings. The fourth-order valence-electron chi connectivity index (χ4n) is 2.81. The number of ketones is 2. The molecule has 0 amide bonds. The van der Waals surface area contributed by atoms with Crippen LogP contribution in [0.4, 0.5) is 0 Å². The summed E-state index contributed by atoms with van der Waals surface area (Å²) in [5, 5.41) is 0. The predicted octanol–water partition coefficient (Wildman–Crippen LogP) is 5.30. The van der Waals surface area contributed by atoms with Gasteiger partial charge in [-0.1, -0.05) is 107 Å². The normalized spacial score (nSPS) is 13.0. The molecule has 0 bridgehead atoms. The maximum atomic E-state index is 13.1. The summed E-state index contributed by atoms with van der Waals surface area (Å²) in [7, 11) is 0. The molecule has 0 radical (unpaired) electrons. The Kier molecular flexibility index (Phi) is 5.56. The van der Waals surface area contributed by atoms with Gasteiger partial charge >= 0.3 is 0 Å². The number of halogens is 1. The van der Waals surface area contributed by atoms with E-state index in [1.54, 1.807) is 24.3 Å². The van der Waals surface area contributed by atoms with Crippen molar-refractivity contribution in [3.63, 3.8) is 0 Å². The second-order valence-electron chi connectivity index (χ2n) is 5.75. The molecule has 3 heteroatoms. The van der Waals surface area contributed by atoms with E-state index in [-0.39, 0.29) is 11.6 Å². The largest absolute Gasteiger partial charge is 0.293 e. The lowest BCUT2D eigenvalue weighted by atomic mass is 9.85. The SMILES string of the molecule is O=C(c1ccccc1)C(Br)C(C(=O)c1ccccc1)c1ccccc1. The van der Waals surface area contributed by atoms with Gasteiger partial charge < -0.3 is 0 Å². The molecule has 2 nitrogen and oxygen atoms in total. The van der Waals surface area contributed by atoms with Crippen LogP contribution in [0.5, 0.6) is 0 Å². The zero-order valence-corrected chi connectivity index (χ0v) is 15.1. The summed E-state index contributed by atoms with van der Waals surface area (Å²) in [5.74, 6) is -0.756. The van der Waals surface area contributed by atoms with E-state index in [0.717, 1.165) is 5.56 Å². The van der Waals surface area contributed by atoms with E-state index in [4.69, 9.17) is 0 Å². The smallest absolute Gasteiger partial charge is 0.177 e. The molecule has 2 atom stereocenters. The van der Waals surface area contributed by atoms with Gasteiger partial charge in [0.2, 0.25) is 0 Å². The second kappa shape index (κ2) is 8.04. The minimum absolute atomic E-state index is 0.0713. The first kappa shape index (κ1) is 17.3. The van der Waals surface area contributed by atoms with Crippen LogP contribution >= 0.6 is 15.9 Å². The van der Waals surface area contributed by atoms with Gasteiger partial charge in [-0.2, -0.15) is 0 Å². The lowest BCUT2D eigenvalue weighted by Crippen LogP contribution is -2.29. The van der Waals surface area contributed by atoms with Crippen LogP contribution in [0.25, 0.3) is 0 Å². The Balaban J connectivity index is 2.00. The molecule has 25 heavy (non-hydrogen) atoms. The topological polar surface area (TPSA) is 34.1 Å². The summed E-state index contributed by atoms with van der Waals surface area (Å²) in [6, 6.07) is 27.6. The van der Waals surface area contributed by atoms with Gasteiger partial charge in [-0.25, -0.2) is 0 Å². The number of carbonyl (C=O) groups excluding carboxylic acids is 2. The van der Waals surface area contributed by atoms with Crippen molar-refractivity contribution in [2.45, 2.75) is 10.7 Å². The third kappa shape index (κ3) is 3.94. The van der Waals surface area contributed by atoms with Crippen LogP contribution < -0.4 is 0 Å². The zero-order chi connectivity index (χ0) is 17.6. The molecular formula is C22H17BrO2. The molecule has 2 unspecified atom stereocenters. The summed E-state index contributed by atoms with van der Waals surface area (Å²) < 4.78 is 0. The third-order valence-corrected chi connectivity index (χ3v) is 5.05. The van der Waals surface area contributed by atoms with Gasteiger partial charge in [0.1, 0.15) is 0 Å². The summed E-state index contributed by atoms with van der Waals surface area (Å²) in [4.78, 5) is 25.4. The first-order chi connectivity index (χ1) is 12.2. The minimum Gasteiger partial charge on any atom is -0.293 e. The molecule has 0 saturated heterocycles. The Morgan fingerprint density at radius 1 is 0.600 bits per heavy atom. The first-order valence-electron chi connectivity index (χ1n) is 8.06. The molecule has 0 aliphatic rings. The van der Waals surface area contributed by atoms with Gasteiger partial charge in [0, 0.05) is 11.1 Å². The Hall–Kier alpha value is -2.52. The van der Waals surface area contributed by atoms with Crippen molar-refractivity contribution in [2.24, 2.45) is 0 Å². The maximum absolute atomic E-state index is 13.1. The molecule has 0 aliphatic heterocycles. The van der Waals surface area contributed by atoms with Crippen molar-refractivity contribution < 1.29 is 9.59 Å². The van der Waals surface area contributed by atoms with Gasteiger partial charge in [-0.3, -0.25) is 9.59 Å². The van der Waals surface area contributed by atoms with Crippen molar-refractivity contribution in [1.29, 1.82) is 0 Å². The van der Waals surface area contributed by atoms with E-state index in [9.17, 15) is 9.59 Å². The van der Waals surface area contributed by atoms with Crippen LogP contribution in [-0.2, 0) is 0 Å². The fourth-order valence-corrected chi connectivity index (χ4v) is 3.62. The number of hydrogen-bond acceptors (Lipinski definition) is 2. The maximum Gasteiger partial charge on any atom is 0.177 e. The summed E-state index contributed by atoms with van der Waals surface area (Å²) >= 11 is 3.51. The van der Waals surface area contributed by atoms with Crippen molar-refractivity contribution in [2.75, 3.05) is 0 Å². The summed E-state index contributed by atoms with van der Waals surface area (Å²) in [6.07, 6.45) is 0. The summed E-state index contributed by atoms with van der Waals surface area (Å²) in [6.45, 7) is 0. The molecule has 0 N–H and O–H groups in total. The highest BCUT2D eigenvalue weighted by atomic mass is 79.9. The fraction of sp³-hybridized carbons (Fsp3) is 0.0909. The molecule has 0 fully saturated rings. The molecule has 0 aromatic heterocycles. The average molecular weight is 393 g/mol. The minimum atomic E-state index is -0.634. The number of alkyl halides is 1. The average Bonchev–Trinajstić information content (AvgIpc) is 2.69. The van der Waals surface area contributed by atoms with Crippen LogP contribution in [-0.4, -0.2) is 16.4 Å². The number of rotatable bonds is 6. The highest BCUT2D eigenvalue weighted by Crippen LogP contribution is 2.31. The predicted molar refractivity (Wildman–Crippen MR) is 103 cm³/mol. The molecule has 0 heterocycles. The first-order valence-corrected chi connectivity index (χ1v) is 8.97. The van der Waals surface area contributed by atoms with E-state index in [1.807, 2.05) is 66.7 Å². The quantitative estimate of drug-likeness (QED) is 0.421. The Morgan fingerprint density at radius 3 is 1.48 bits per heavy atom. The van der Waals surface area contributed by atoms with Crippen molar-refractivity contribution >= 4 is 27.5 Å². The van der Waals surface area contributed by atoms with Gasteiger partial charge in [-0.15, -0.1) is 0 Å². The van der Waals surface area contributed by atoms with E-state index < -0.39 is 10.7 Å². The van der Waals surface area contributed by atoms with Crippen molar-refractivity contribution in [3.05, 3.63) is 108 Å². The Labute approximate surface area is 155 Å². The van der Waals surface area contributed by atoms with Gasteiger partial charge in [0.05, 0.1) is 10.7 Å². The monoisotopic (exact) mass is 392 g/mol. The molecule has 0 spiro atoms. The zero-order valence-electron chi connectivity index (χ0n) is 13.5. The molecular weight excluding hydrogens is 376 g/mol. The molecule has 3 aromatic carbocycles. The number of hydrogen-bond donors (Lipinski definition) is 0. The van der Waals surface area contributed by atoms with E-state index in [0.29, 0.717) is 11.1 Å². The van der Waals surface area contributed by atoms with Crippen LogP contribution in [0.15, 0.2) is 91.0 Å². The Bertz CT molecular complexity index is 845. The molecule has 0 saturated carbocycles. The van der Waals surface area contributed by atoms with Crippen LogP contribution in [0, 0.1) is 0 Å². The molecule has 3 rings (SSSR count). The van der Waals surface area contributed by atoms with Crippen LogP contribution in [0.3, 0.4) is 0 Å². The van der Waals surface area contributed by atoms with E-state index in [2.05, 4.69) is 15.9 Å². The number of Topliss-reactive ketones (excluding diaryl/α,β-unsaturated/α-hetero) is 2. The highest BCUT2D eigenvalue weighted by molar-refractivity contribution is 9.10. The van der Waals surface area contributed by atoms with Gasteiger partial charge in [0.15, 0.2) is 11.6 Å². The van der Waals surface area contributed by atoms with E-state index >= 15 is 0 Å². The molecule has 0 aliphatic carbocycles. The lowest BCUT2D eigenvalue weighted by Gasteiger charge is -2.21. The summed E-state index contributed by atoms with van der Waals surface area (Å²) in [5.41, 5.74) is 2.01. The molecule has 124 valence electrons. The third-order valence-electron chi connectivity index (χ3n) is 4.10. The Morgan fingerprint density at radius 2 is 1.00 bits per heavy atom. The lowest BCUT2D eigenvalue weighted by molar-refractivity contribution is 0.0902.